The van der Waals surface area contributed by atoms with E-state index >= 15 is 0 Å². The molecule has 2 aromatic rings. The van der Waals surface area contributed by atoms with Gasteiger partial charge < -0.3 is 5.32 Å². The van der Waals surface area contributed by atoms with Crippen molar-refractivity contribution in [2.45, 2.75) is 39.3 Å². The molecule has 0 spiro atoms. The van der Waals surface area contributed by atoms with E-state index in [1.165, 1.54) is 6.07 Å². The molecule has 1 aliphatic heterocycles. The van der Waals surface area contributed by atoms with Crippen molar-refractivity contribution in [2.75, 3.05) is 13.1 Å². The van der Waals surface area contributed by atoms with Gasteiger partial charge >= 0.3 is 0 Å². The monoisotopic (exact) mass is 375 g/mol. The number of nitrogens with one attached hydrogen (secondary N) is 1. The Morgan fingerprint density at radius 1 is 1.42 bits per heavy atom. The number of halogens is 1. The summed E-state index contributed by atoms with van der Waals surface area (Å²) < 4.78 is 14.0. The SMILES string of the molecule is CC(C)C(=O)N[C@@H](c1nccs1)[C@@H]1CCCN(Cc2ccccc2F)C1. The Bertz CT molecular complexity index is 720. The molecule has 1 aromatic heterocycles. The van der Waals surface area contributed by atoms with Gasteiger partial charge in [0.15, 0.2) is 0 Å². The van der Waals surface area contributed by atoms with Crippen LogP contribution < -0.4 is 5.32 Å². The highest BCUT2D eigenvalue weighted by atomic mass is 32.1. The van der Waals surface area contributed by atoms with Gasteiger partial charge in [0.1, 0.15) is 10.8 Å². The summed E-state index contributed by atoms with van der Waals surface area (Å²) in [5.41, 5.74) is 0.727. The minimum atomic E-state index is -0.154. The maximum Gasteiger partial charge on any atom is 0.223 e. The van der Waals surface area contributed by atoms with Crippen LogP contribution in [0.2, 0.25) is 0 Å². The van der Waals surface area contributed by atoms with Gasteiger partial charge in [-0.05, 0) is 31.4 Å². The van der Waals surface area contributed by atoms with Gasteiger partial charge in [0.25, 0.3) is 0 Å². The first-order chi connectivity index (χ1) is 12.5. The van der Waals surface area contributed by atoms with Gasteiger partial charge in [0.05, 0.1) is 6.04 Å². The van der Waals surface area contributed by atoms with Crippen molar-refractivity contribution in [3.8, 4) is 0 Å². The Morgan fingerprint density at radius 3 is 2.92 bits per heavy atom. The molecule has 1 fully saturated rings. The second-order valence-corrected chi connectivity index (χ2v) is 8.17. The van der Waals surface area contributed by atoms with E-state index < -0.39 is 0 Å². The molecular formula is C20H26FN3OS. The van der Waals surface area contributed by atoms with Crippen LogP contribution in [0.5, 0.6) is 0 Å². The molecule has 1 amide bonds. The number of benzene rings is 1. The normalized spacial score (nSPS) is 19.5. The quantitative estimate of drug-likeness (QED) is 0.830. The van der Waals surface area contributed by atoms with Crippen molar-refractivity contribution < 1.29 is 9.18 Å². The Hall–Kier alpha value is -1.79. The number of amides is 1. The number of aromatic nitrogens is 1. The van der Waals surface area contributed by atoms with E-state index in [-0.39, 0.29) is 29.6 Å². The molecule has 0 unspecified atom stereocenters. The summed E-state index contributed by atoms with van der Waals surface area (Å²) in [5, 5.41) is 6.10. The second-order valence-electron chi connectivity index (χ2n) is 7.24. The van der Waals surface area contributed by atoms with Crippen molar-refractivity contribution in [1.29, 1.82) is 0 Å². The van der Waals surface area contributed by atoms with Gasteiger partial charge in [-0.3, -0.25) is 9.69 Å². The van der Waals surface area contributed by atoms with Crippen molar-refractivity contribution in [3.63, 3.8) is 0 Å². The lowest BCUT2D eigenvalue weighted by Gasteiger charge is -2.37. The van der Waals surface area contributed by atoms with E-state index in [1.807, 2.05) is 31.4 Å². The van der Waals surface area contributed by atoms with Crippen molar-refractivity contribution in [2.24, 2.45) is 11.8 Å². The maximum atomic E-state index is 14.0. The number of carbonyl (C=O) groups excluding carboxylic acids is 1. The fourth-order valence-electron chi connectivity index (χ4n) is 3.46. The molecular weight excluding hydrogens is 349 g/mol. The molecule has 0 radical (unpaired) electrons. The molecule has 1 N–H and O–H groups in total. The first-order valence-corrected chi connectivity index (χ1v) is 10.1. The molecule has 1 saturated heterocycles. The minimum Gasteiger partial charge on any atom is -0.346 e. The average molecular weight is 376 g/mol. The van der Waals surface area contributed by atoms with Gasteiger partial charge in [0.2, 0.25) is 5.91 Å². The molecule has 0 saturated carbocycles. The zero-order chi connectivity index (χ0) is 18.5. The van der Waals surface area contributed by atoms with Crippen molar-refractivity contribution in [1.82, 2.24) is 15.2 Å². The first-order valence-electron chi connectivity index (χ1n) is 9.20. The number of rotatable bonds is 6. The summed E-state index contributed by atoms with van der Waals surface area (Å²) in [4.78, 5) is 19.0. The van der Waals surface area contributed by atoms with Crippen LogP contribution in [0.3, 0.4) is 0 Å². The lowest BCUT2D eigenvalue weighted by atomic mass is 9.90. The summed E-state index contributed by atoms with van der Waals surface area (Å²) in [6, 6.07) is 6.88. The largest absolute Gasteiger partial charge is 0.346 e. The highest BCUT2D eigenvalue weighted by Crippen LogP contribution is 2.32. The zero-order valence-electron chi connectivity index (χ0n) is 15.3. The second kappa shape index (κ2) is 8.73. The summed E-state index contributed by atoms with van der Waals surface area (Å²) in [6.07, 6.45) is 3.86. The number of thiazole rings is 1. The van der Waals surface area contributed by atoms with E-state index in [9.17, 15) is 9.18 Å². The molecule has 140 valence electrons. The van der Waals surface area contributed by atoms with Crippen molar-refractivity contribution in [3.05, 3.63) is 52.2 Å². The van der Waals surface area contributed by atoms with Crippen LogP contribution in [-0.2, 0) is 11.3 Å². The van der Waals surface area contributed by atoms with Gasteiger partial charge in [-0.1, -0.05) is 32.0 Å². The molecule has 0 aliphatic carbocycles. The fourth-order valence-corrected chi connectivity index (χ4v) is 4.24. The van der Waals surface area contributed by atoms with E-state index in [0.29, 0.717) is 6.54 Å². The highest BCUT2D eigenvalue weighted by Gasteiger charge is 2.31. The van der Waals surface area contributed by atoms with Crippen LogP contribution >= 0.6 is 11.3 Å². The molecule has 6 heteroatoms. The summed E-state index contributed by atoms with van der Waals surface area (Å²) in [6.45, 7) is 6.19. The maximum absolute atomic E-state index is 14.0. The third-order valence-corrected chi connectivity index (χ3v) is 5.76. The third kappa shape index (κ3) is 4.68. The Kier molecular flexibility index (Phi) is 6.38. The molecule has 1 aromatic carbocycles. The highest BCUT2D eigenvalue weighted by molar-refractivity contribution is 7.09. The average Bonchev–Trinajstić information content (AvgIpc) is 3.16. The van der Waals surface area contributed by atoms with Crippen LogP contribution in [0.1, 0.15) is 43.3 Å². The Morgan fingerprint density at radius 2 is 2.23 bits per heavy atom. The Labute approximate surface area is 158 Å². The predicted molar refractivity (Wildman–Crippen MR) is 102 cm³/mol. The number of nitrogens with zero attached hydrogens (tertiary/aromatic N) is 2. The number of hydrogen-bond donors (Lipinski definition) is 1. The molecule has 3 rings (SSSR count). The molecule has 2 heterocycles. The van der Waals surface area contributed by atoms with Crippen LogP contribution in [0.15, 0.2) is 35.8 Å². The van der Waals surface area contributed by atoms with E-state index in [1.54, 1.807) is 23.6 Å². The Balaban J connectivity index is 1.72. The van der Waals surface area contributed by atoms with Crippen LogP contribution in [0.4, 0.5) is 4.39 Å². The number of likely N-dealkylation sites (tertiary alicyclic amines) is 1. The molecule has 4 nitrogen and oxygen atoms in total. The number of piperidine rings is 1. The summed E-state index contributed by atoms with van der Waals surface area (Å²) >= 11 is 1.58. The van der Waals surface area contributed by atoms with E-state index in [4.69, 9.17) is 0 Å². The molecule has 1 aliphatic rings. The first kappa shape index (κ1) is 19.0. The van der Waals surface area contributed by atoms with Gasteiger partial charge in [-0.2, -0.15) is 0 Å². The fraction of sp³-hybridized carbons (Fsp3) is 0.500. The molecule has 0 bridgehead atoms. The lowest BCUT2D eigenvalue weighted by molar-refractivity contribution is -0.125. The van der Waals surface area contributed by atoms with Gasteiger partial charge in [-0.15, -0.1) is 11.3 Å². The topological polar surface area (TPSA) is 45.2 Å². The standard InChI is InChI=1S/C20H26FN3OS/c1-14(2)19(25)23-18(20-22-9-11-26-20)16-7-5-10-24(13-16)12-15-6-3-4-8-17(15)21/h3-4,6,8-9,11,14,16,18H,5,7,10,12-13H2,1-2H3,(H,23,25)/t16-,18-/m1/s1. The van der Waals surface area contributed by atoms with Crippen molar-refractivity contribution >= 4 is 17.2 Å². The lowest BCUT2D eigenvalue weighted by Crippen LogP contribution is -2.43. The summed E-state index contributed by atoms with van der Waals surface area (Å²) in [5.74, 6) is 0.121. The minimum absolute atomic E-state index is 0.0522. The van der Waals surface area contributed by atoms with Crippen LogP contribution in [0, 0.1) is 17.7 Å². The summed E-state index contributed by atoms with van der Waals surface area (Å²) in [7, 11) is 0. The molecule has 2 atom stereocenters. The van der Waals surface area contributed by atoms with Gasteiger partial charge in [0, 0.05) is 36.1 Å². The third-order valence-electron chi connectivity index (χ3n) is 4.90. The van der Waals surface area contributed by atoms with E-state index in [2.05, 4.69) is 15.2 Å². The predicted octanol–water partition coefficient (Wildman–Crippen LogP) is 4.01. The number of carbonyl (C=O) groups is 1. The van der Waals surface area contributed by atoms with E-state index in [0.717, 1.165) is 36.5 Å². The smallest absolute Gasteiger partial charge is 0.223 e. The molecule has 26 heavy (non-hydrogen) atoms. The number of hydrogen-bond acceptors (Lipinski definition) is 4. The van der Waals surface area contributed by atoms with Gasteiger partial charge in [-0.25, -0.2) is 9.37 Å². The zero-order valence-corrected chi connectivity index (χ0v) is 16.1. The van der Waals surface area contributed by atoms with Crippen LogP contribution in [-0.4, -0.2) is 28.9 Å². The van der Waals surface area contributed by atoms with Crippen LogP contribution in [0.25, 0.3) is 0 Å².